The first-order chi connectivity index (χ1) is 11.6. The standard InChI is InChI=1S/C18H20ClN3O2/c1-3-22(14-7-5-4-6-8-14)17(23)12-21-13-9-10-15(16(19)11-13)18(24)20-2/h4-11,21H,3,12H2,1-2H3,(H,20,24). The zero-order valence-electron chi connectivity index (χ0n) is 13.7. The number of amides is 2. The minimum Gasteiger partial charge on any atom is -0.376 e. The van der Waals surface area contributed by atoms with Crippen molar-refractivity contribution in [1.82, 2.24) is 5.32 Å². The second-order valence-corrected chi connectivity index (χ2v) is 5.51. The highest BCUT2D eigenvalue weighted by Gasteiger charge is 2.14. The van der Waals surface area contributed by atoms with Crippen LogP contribution in [0.4, 0.5) is 11.4 Å². The summed E-state index contributed by atoms with van der Waals surface area (Å²) in [6, 6.07) is 14.5. The number of anilines is 2. The lowest BCUT2D eigenvalue weighted by Crippen LogP contribution is -2.35. The maximum Gasteiger partial charge on any atom is 0.252 e. The van der Waals surface area contributed by atoms with E-state index in [4.69, 9.17) is 11.6 Å². The summed E-state index contributed by atoms with van der Waals surface area (Å²) in [5.74, 6) is -0.293. The zero-order valence-corrected chi connectivity index (χ0v) is 14.4. The van der Waals surface area contributed by atoms with Crippen molar-refractivity contribution in [2.24, 2.45) is 0 Å². The van der Waals surface area contributed by atoms with E-state index in [2.05, 4.69) is 10.6 Å². The van der Waals surface area contributed by atoms with Crippen LogP contribution in [0.1, 0.15) is 17.3 Å². The van der Waals surface area contributed by atoms with E-state index in [1.165, 1.54) is 0 Å². The maximum atomic E-state index is 12.4. The third-order valence-corrected chi connectivity index (χ3v) is 3.88. The van der Waals surface area contributed by atoms with Gasteiger partial charge in [0.2, 0.25) is 5.91 Å². The van der Waals surface area contributed by atoms with Gasteiger partial charge in [0.25, 0.3) is 5.91 Å². The Morgan fingerprint density at radius 1 is 1.12 bits per heavy atom. The SMILES string of the molecule is CCN(C(=O)CNc1ccc(C(=O)NC)c(Cl)c1)c1ccccc1. The highest BCUT2D eigenvalue weighted by Crippen LogP contribution is 2.21. The summed E-state index contributed by atoms with van der Waals surface area (Å²) in [7, 11) is 1.55. The molecule has 0 heterocycles. The van der Waals surface area contributed by atoms with E-state index in [0.717, 1.165) is 5.69 Å². The van der Waals surface area contributed by atoms with Gasteiger partial charge in [-0.2, -0.15) is 0 Å². The first-order valence-corrected chi connectivity index (χ1v) is 8.05. The number of carbonyl (C=O) groups excluding carboxylic acids is 2. The average molecular weight is 346 g/mol. The predicted molar refractivity (Wildman–Crippen MR) is 97.8 cm³/mol. The van der Waals surface area contributed by atoms with Gasteiger partial charge in [-0.25, -0.2) is 0 Å². The van der Waals surface area contributed by atoms with Crippen molar-refractivity contribution in [3.63, 3.8) is 0 Å². The van der Waals surface area contributed by atoms with Crippen molar-refractivity contribution >= 4 is 34.8 Å². The van der Waals surface area contributed by atoms with Crippen LogP contribution in [0.5, 0.6) is 0 Å². The van der Waals surface area contributed by atoms with Gasteiger partial charge in [-0.3, -0.25) is 9.59 Å². The summed E-state index contributed by atoms with van der Waals surface area (Å²) in [6.07, 6.45) is 0. The van der Waals surface area contributed by atoms with E-state index in [0.29, 0.717) is 22.8 Å². The van der Waals surface area contributed by atoms with Crippen LogP contribution in [0.2, 0.25) is 5.02 Å². The van der Waals surface area contributed by atoms with Gasteiger partial charge in [0.05, 0.1) is 17.1 Å². The Labute approximate surface area is 146 Å². The lowest BCUT2D eigenvalue weighted by atomic mass is 10.2. The van der Waals surface area contributed by atoms with Crippen LogP contribution in [0, 0.1) is 0 Å². The van der Waals surface area contributed by atoms with E-state index >= 15 is 0 Å². The molecule has 0 saturated heterocycles. The Morgan fingerprint density at radius 2 is 1.83 bits per heavy atom. The maximum absolute atomic E-state index is 12.4. The molecule has 0 aromatic heterocycles. The normalized spacial score (nSPS) is 10.1. The number of likely N-dealkylation sites (N-methyl/N-ethyl adjacent to an activating group) is 1. The van der Waals surface area contributed by atoms with Crippen LogP contribution in [0.25, 0.3) is 0 Å². The molecule has 0 aliphatic heterocycles. The van der Waals surface area contributed by atoms with Crippen LogP contribution >= 0.6 is 11.6 Å². The van der Waals surface area contributed by atoms with Crippen LogP contribution < -0.4 is 15.5 Å². The Morgan fingerprint density at radius 3 is 2.42 bits per heavy atom. The minimum absolute atomic E-state index is 0.0461. The molecule has 0 unspecified atom stereocenters. The molecule has 24 heavy (non-hydrogen) atoms. The predicted octanol–water partition coefficient (Wildman–Crippen LogP) is 3.16. The fourth-order valence-electron chi connectivity index (χ4n) is 2.33. The highest BCUT2D eigenvalue weighted by atomic mass is 35.5. The van der Waals surface area contributed by atoms with Crippen LogP contribution in [-0.4, -0.2) is 32.0 Å². The summed E-state index contributed by atoms with van der Waals surface area (Å²) < 4.78 is 0. The molecule has 0 bridgehead atoms. The summed E-state index contributed by atoms with van der Waals surface area (Å²) in [5.41, 5.74) is 1.94. The molecule has 5 nitrogen and oxygen atoms in total. The van der Waals surface area contributed by atoms with Gasteiger partial charge in [0.1, 0.15) is 0 Å². The number of para-hydroxylation sites is 1. The molecule has 0 spiro atoms. The summed E-state index contributed by atoms with van der Waals surface area (Å²) in [5, 5.41) is 5.91. The highest BCUT2D eigenvalue weighted by molar-refractivity contribution is 6.34. The fourth-order valence-corrected chi connectivity index (χ4v) is 2.59. The number of nitrogens with zero attached hydrogens (tertiary/aromatic N) is 1. The Bertz CT molecular complexity index is 719. The van der Waals surface area contributed by atoms with Crippen molar-refractivity contribution in [1.29, 1.82) is 0 Å². The van der Waals surface area contributed by atoms with E-state index in [1.54, 1.807) is 30.1 Å². The molecule has 2 N–H and O–H groups in total. The van der Waals surface area contributed by atoms with Gasteiger partial charge in [-0.15, -0.1) is 0 Å². The second kappa shape index (κ2) is 8.36. The quantitative estimate of drug-likeness (QED) is 0.845. The smallest absolute Gasteiger partial charge is 0.252 e. The first kappa shape index (κ1) is 17.8. The number of benzene rings is 2. The van der Waals surface area contributed by atoms with Crippen molar-refractivity contribution in [2.75, 3.05) is 30.4 Å². The number of carbonyl (C=O) groups is 2. The Kier molecular flexibility index (Phi) is 6.21. The molecule has 2 amide bonds. The lowest BCUT2D eigenvalue weighted by Gasteiger charge is -2.21. The topological polar surface area (TPSA) is 61.4 Å². The molecule has 0 aliphatic carbocycles. The number of nitrogens with one attached hydrogen (secondary N) is 2. The fraction of sp³-hybridized carbons (Fsp3) is 0.222. The van der Waals surface area contributed by atoms with Gasteiger partial charge >= 0.3 is 0 Å². The third-order valence-electron chi connectivity index (χ3n) is 3.57. The van der Waals surface area contributed by atoms with Gasteiger partial charge < -0.3 is 15.5 Å². The molecule has 0 saturated carbocycles. The van der Waals surface area contributed by atoms with Crippen LogP contribution in [0.3, 0.4) is 0 Å². The average Bonchev–Trinajstić information content (AvgIpc) is 2.61. The molecule has 6 heteroatoms. The minimum atomic E-state index is -0.246. The van der Waals surface area contributed by atoms with E-state index in [9.17, 15) is 9.59 Å². The molecule has 0 atom stereocenters. The first-order valence-electron chi connectivity index (χ1n) is 7.67. The van der Waals surface area contributed by atoms with Gasteiger partial charge in [0.15, 0.2) is 0 Å². The zero-order chi connectivity index (χ0) is 17.5. The van der Waals surface area contributed by atoms with Crippen molar-refractivity contribution in [3.8, 4) is 0 Å². The monoisotopic (exact) mass is 345 g/mol. The second-order valence-electron chi connectivity index (χ2n) is 5.10. The molecule has 126 valence electrons. The van der Waals surface area contributed by atoms with Crippen molar-refractivity contribution in [3.05, 3.63) is 59.1 Å². The molecule has 2 rings (SSSR count). The van der Waals surface area contributed by atoms with Crippen molar-refractivity contribution in [2.45, 2.75) is 6.92 Å². The van der Waals surface area contributed by atoms with E-state index in [-0.39, 0.29) is 18.4 Å². The van der Waals surface area contributed by atoms with Gasteiger partial charge in [-0.1, -0.05) is 29.8 Å². The largest absolute Gasteiger partial charge is 0.376 e. The summed E-state index contributed by atoms with van der Waals surface area (Å²) >= 11 is 6.11. The Hall–Kier alpha value is -2.53. The third kappa shape index (κ3) is 4.26. The number of halogens is 1. The molecule has 0 radical (unpaired) electrons. The number of hydrogen-bond acceptors (Lipinski definition) is 3. The van der Waals surface area contributed by atoms with Crippen LogP contribution in [-0.2, 0) is 4.79 Å². The molecule has 0 aliphatic rings. The van der Waals surface area contributed by atoms with Gasteiger partial charge in [-0.05, 0) is 37.3 Å². The van der Waals surface area contributed by atoms with Gasteiger partial charge in [0, 0.05) is 25.0 Å². The molecule has 2 aromatic carbocycles. The van der Waals surface area contributed by atoms with E-state index < -0.39 is 0 Å². The molecular weight excluding hydrogens is 326 g/mol. The Balaban J connectivity index is 2.03. The summed E-state index contributed by atoms with van der Waals surface area (Å²) in [6.45, 7) is 2.65. The summed E-state index contributed by atoms with van der Waals surface area (Å²) in [4.78, 5) is 25.7. The van der Waals surface area contributed by atoms with E-state index in [1.807, 2.05) is 37.3 Å². The van der Waals surface area contributed by atoms with Crippen molar-refractivity contribution < 1.29 is 9.59 Å². The molecule has 2 aromatic rings. The molecular formula is C18H20ClN3O2. The lowest BCUT2D eigenvalue weighted by molar-refractivity contribution is -0.116. The number of rotatable bonds is 6. The molecule has 0 fully saturated rings. The van der Waals surface area contributed by atoms with Crippen LogP contribution in [0.15, 0.2) is 48.5 Å². The number of hydrogen-bond donors (Lipinski definition) is 2.